The molecule has 86 valence electrons. The predicted molar refractivity (Wildman–Crippen MR) is 69.5 cm³/mol. The molecule has 0 heterocycles. The standard InChI is InChI=1S/C13H18N2S/c1-11(2)15-12(10-14)8-9-16-13-6-4-3-5-7-13/h3-7,11-12,15H,8-9H2,1-2H3. The van der Waals surface area contributed by atoms with Gasteiger partial charge in [0.1, 0.15) is 0 Å². The van der Waals surface area contributed by atoms with Crippen molar-refractivity contribution in [2.24, 2.45) is 0 Å². The van der Waals surface area contributed by atoms with E-state index in [0.29, 0.717) is 6.04 Å². The fraction of sp³-hybridized carbons (Fsp3) is 0.462. The second-order valence-corrected chi connectivity index (χ2v) is 5.12. The van der Waals surface area contributed by atoms with E-state index < -0.39 is 0 Å². The Kier molecular flexibility index (Phi) is 5.99. The molecule has 16 heavy (non-hydrogen) atoms. The average Bonchev–Trinajstić information content (AvgIpc) is 2.28. The summed E-state index contributed by atoms with van der Waals surface area (Å²) in [6.45, 7) is 4.13. The van der Waals surface area contributed by atoms with Gasteiger partial charge in [0, 0.05) is 16.7 Å². The molecule has 0 bridgehead atoms. The Balaban J connectivity index is 2.27. The van der Waals surface area contributed by atoms with E-state index in [9.17, 15) is 0 Å². The molecule has 0 aliphatic rings. The van der Waals surface area contributed by atoms with Crippen LogP contribution in [0.4, 0.5) is 0 Å². The monoisotopic (exact) mass is 234 g/mol. The lowest BCUT2D eigenvalue weighted by atomic mass is 10.2. The molecule has 1 unspecified atom stereocenters. The third-order valence-electron chi connectivity index (χ3n) is 2.11. The first-order chi connectivity index (χ1) is 7.72. The molecule has 1 aromatic rings. The largest absolute Gasteiger partial charge is 0.300 e. The number of hydrogen-bond donors (Lipinski definition) is 1. The Hall–Kier alpha value is -0.980. The molecule has 1 rings (SSSR count). The van der Waals surface area contributed by atoms with E-state index in [-0.39, 0.29) is 6.04 Å². The third kappa shape index (κ3) is 5.20. The molecular weight excluding hydrogens is 216 g/mol. The van der Waals surface area contributed by atoms with Gasteiger partial charge >= 0.3 is 0 Å². The number of hydrogen-bond acceptors (Lipinski definition) is 3. The fourth-order valence-electron chi connectivity index (χ4n) is 1.40. The van der Waals surface area contributed by atoms with Gasteiger partial charge in [0.2, 0.25) is 0 Å². The molecule has 0 aromatic heterocycles. The summed E-state index contributed by atoms with van der Waals surface area (Å²) in [4.78, 5) is 1.27. The lowest BCUT2D eigenvalue weighted by molar-refractivity contribution is 0.522. The van der Waals surface area contributed by atoms with E-state index >= 15 is 0 Å². The average molecular weight is 234 g/mol. The summed E-state index contributed by atoms with van der Waals surface area (Å²) in [6.07, 6.45) is 0.883. The zero-order valence-electron chi connectivity index (χ0n) is 9.81. The van der Waals surface area contributed by atoms with E-state index in [2.05, 4.69) is 37.4 Å². The van der Waals surface area contributed by atoms with Crippen LogP contribution in [0.5, 0.6) is 0 Å². The first-order valence-corrected chi connectivity index (χ1v) is 6.54. The molecule has 0 fully saturated rings. The van der Waals surface area contributed by atoms with E-state index in [4.69, 9.17) is 5.26 Å². The van der Waals surface area contributed by atoms with Crippen molar-refractivity contribution in [3.63, 3.8) is 0 Å². The SMILES string of the molecule is CC(C)NC(C#N)CCSc1ccccc1. The summed E-state index contributed by atoms with van der Waals surface area (Å²) in [7, 11) is 0. The van der Waals surface area contributed by atoms with Crippen LogP contribution in [-0.4, -0.2) is 17.8 Å². The first kappa shape index (κ1) is 13.1. The minimum Gasteiger partial charge on any atom is -0.300 e. The number of nitrogens with zero attached hydrogens (tertiary/aromatic N) is 1. The molecule has 0 aliphatic carbocycles. The van der Waals surface area contributed by atoms with Crippen molar-refractivity contribution in [2.75, 3.05) is 5.75 Å². The smallest absolute Gasteiger partial charge is 0.0962 e. The Labute approximate surface area is 102 Å². The summed E-state index contributed by atoms with van der Waals surface area (Å²) < 4.78 is 0. The second-order valence-electron chi connectivity index (χ2n) is 3.95. The zero-order valence-corrected chi connectivity index (χ0v) is 10.6. The maximum absolute atomic E-state index is 8.95. The molecule has 0 spiro atoms. The molecule has 1 aromatic carbocycles. The molecule has 2 nitrogen and oxygen atoms in total. The van der Waals surface area contributed by atoms with E-state index in [1.807, 2.05) is 18.2 Å². The highest BCUT2D eigenvalue weighted by molar-refractivity contribution is 7.99. The van der Waals surface area contributed by atoms with E-state index in [1.54, 1.807) is 11.8 Å². The summed E-state index contributed by atoms with van der Waals surface area (Å²) in [5, 5.41) is 12.2. The Morgan fingerprint density at radius 2 is 2.00 bits per heavy atom. The maximum atomic E-state index is 8.95. The van der Waals surface area contributed by atoms with E-state index in [0.717, 1.165) is 12.2 Å². The van der Waals surface area contributed by atoms with Crippen molar-refractivity contribution < 1.29 is 0 Å². The maximum Gasteiger partial charge on any atom is 0.0962 e. The van der Waals surface area contributed by atoms with Gasteiger partial charge in [0.05, 0.1) is 12.1 Å². The molecule has 0 aliphatic heterocycles. The van der Waals surface area contributed by atoms with Gasteiger partial charge in [0.25, 0.3) is 0 Å². The molecule has 1 atom stereocenters. The van der Waals surface area contributed by atoms with Crippen LogP contribution in [-0.2, 0) is 0 Å². The normalized spacial score (nSPS) is 12.4. The van der Waals surface area contributed by atoms with E-state index in [1.165, 1.54) is 4.90 Å². The minimum atomic E-state index is -0.0313. The fourth-order valence-corrected chi connectivity index (χ4v) is 2.34. The highest BCUT2D eigenvalue weighted by atomic mass is 32.2. The highest BCUT2D eigenvalue weighted by Gasteiger charge is 2.07. The lowest BCUT2D eigenvalue weighted by Crippen LogP contribution is -2.33. The topological polar surface area (TPSA) is 35.8 Å². The van der Waals surface area contributed by atoms with Gasteiger partial charge in [-0.15, -0.1) is 11.8 Å². The molecule has 0 amide bonds. The van der Waals surface area contributed by atoms with Gasteiger partial charge in [-0.3, -0.25) is 5.32 Å². The first-order valence-electron chi connectivity index (χ1n) is 5.56. The lowest BCUT2D eigenvalue weighted by Gasteiger charge is -2.13. The summed E-state index contributed by atoms with van der Waals surface area (Å²) in [5.74, 6) is 0.974. The summed E-state index contributed by atoms with van der Waals surface area (Å²) >= 11 is 1.80. The van der Waals surface area contributed by atoms with Gasteiger partial charge in [-0.05, 0) is 32.4 Å². The highest BCUT2D eigenvalue weighted by Crippen LogP contribution is 2.18. The quantitative estimate of drug-likeness (QED) is 0.768. The van der Waals surface area contributed by atoms with Crippen LogP contribution in [0.25, 0.3) is 0 Å². The van der Waals surface area contributed by atoms with Crippen molar-refractivity contribution in [1.29, 1.82) is 5.26 Å². The van der Waals surface area contributed by atoms with Crippen LogP contribution < -0.4 is 5.32 Å². The molecular formula is C13H18N2S. The second kappa shape index (κ2) is 7.32. The molecule has 3 heteroatoms. The number of nitrogens with one attached hydrogen (secondary N) is 1. The predicted octanol–water partition coefficient (Wildman–Crippen LogP) is 3.06. The van der Waals surface area contributed by atoms with Crippen molar-refractivity contribution >= 4 is 11.8 Å². The van der Waals surface area contributed by atoms with Crippen molar-refractivity contribution in [1.82, 2.24) is 5.32 Å². The van der Waals surface area contributed by atoms with Crippen molar-refractivity contribution in [3.8, 4) is 6.07 Å². The molecule has 1 N–H and O–H groups in total. The summed E-state index contributed by atoms with van der Waals surface area (Å²) in [5.41, 5.74) is 0. The Morgan fingerprint density at radius 1 is 1.31 bits per heavy atom. The van der Waals surface area contributed by atoms with Crippen molar-refractivity contribution in [3.05, 3.63) is 30.3 Å². The number of rotatable bonds is 6. The number of thioether (sulfide) groups is 1. The van der Waals surface area contributed by atoms with Crippen LogP contribution in [0, 0.1) is 11.3 Å². The van der Waals surface area contributed by atoms with Crippen LogP contribution in [0.2, 0.25) is 0 Å². The van der Waals surface area contributed by atoms with Crippen LogP contribution in [0.3, 0.4) is 0 Å². The van der Waals surface area contributed by atoms with Crippen molar-refractivity contribution in [2.45, 2.75) is 37.2 Å². The van der Waals surface area contributed by atoms with Crippen LogP contribution in [0.15, 0.2) is 35.2 Å². The Morgan fingerprint density at radius 3 is 2.56 bits per heavy atom. The minimum absolute atomic E-state index is 0.0313. The zero-order chi connectivity index (χ0) is 11.8. The van der Waals surface area contributed by atoms with Gasteiger partial charge in [-0.1, -0.05) is 18.2 Å². The van der Waals surface area contributed by atoms with Gasteiger partial charge in [-0.25, -0.2) is 0 Å². The number of nitriles is 1. The van der Waals surface area contributed by atoms with Gasteiger partial charge in [0.15, 0.2) is 0 Å². The van der Waals surface area contributed by atoms with Crippen LogP contribution in [0.1, 0.15) is 20.3 Å². The molecule has 0 saturated carbocycles. The summed E-state index contributed by atoms with van der Waals surface area (Å²) in [6, 6.07) is 12.9. The van der Waals surface area contributed by atoms with Gasteiger partial charge < -0.3 is 0 Å². The molecule has 0 radical (unpaired) electrons. The van der Waals surface area contributed by atoms with Gasteiger partial charge in [-0.2, -0.15) is 5.26 Å². The van der Waals surface area contributed by atoms with Crippen LogP contribution >= 0.6 is 11.8 Å². The molecule has 0 saturated heterocycles. The third-order valence-corrected chi connectivity index (χ3v) is 3.15. The number of benzene rings is 1. The Bertz CT molecular complexity index is 330.